The number of hydrogen-bond donors (Lipinski definition) is 0. The standard InChI is InChI=1S/C19H18Cl2S/c1-2-3-15-12-22-19-10-13(5-9-17(15)19)4-6-14-7-8-16(20)11-18(14)21/h5,7-12H,2-4,6H2,1H3. The van der Waals surface area contributed by atoms with Crippen molar-refractivity contribution in [2.24, 2.45) is 0 Å². The van der Waals surface area contributed by atoms with Crippen LogP contribution in [0.5, 0.6) is 0 Å². The summed E-state index contributed by atoms with van der Waals surface area (Å²) in [6.45, 7) is 2.23. The fourth-order valence-electron chi connectivity index (χ4n) is 2.75. The number of halogens is 2. The normalized spacial score (nSPS) is 11.2. The molecule has 0 fully saturated rings. The summed E-state index contributed by atoms with van der Waals surface area (Å²) in [6.07, 6.45) is 4.30. The average Bonchev–Trinajstić information content (AvgIpc) is 2.89. The summed E-state index contributed by atoms with van der Waals surface area (Å²) >= 11 is 14.0. The van der Waals surface area contributed by atoms with Crippen molar-refractivity contribution in [2.45, 2.75) is 32.6 Å². The van der Waals surface area contributed by atoms with E-state index >= 15 is 0 Å². The van der Waals surface area contributed by atoms with E-state index in [0.717, 1.165) is 23.4 Å². The summed E-state index contributed by atoms with van der Waals surface area (Å²) < 4.78 is 1.39. The van der Waals surface area contributed by atoms with Crippen molar-refractivity contribution in [2.75, 3.05) is 0 Å². The second-order valence-corrected chi connectivity index (χ2v) is 7.33. The molecule has 22 heavy (non-hydrogen) atoms. The van der Waals surface area contributed by atoms with E-state index in [9.17, 15) is 0 Å². The fraction of sp³-hybridized carbons (Fsp3) is 0.263. The van der Waals surface area contributed by atoms with Crippen molar-refractivity contribution in [3.05, 3.63) is 68.5 Å². The molecule has 1 aromatic heterocycles. The van der Waals surface area contributed by atoms with Gasteiger partial charge in [0.1, 0.15) is 0 Å². The summed E-state index contributed by atoms with van der Waals surface area (Å²) in [5.41, 5.74) is 4.00. The summed E-state index contributed by atoms with van der Waals surface area (Å²) in [4.78, 5) is 0. The highest BCUT2D eigenvalue weighted by Crippen LogP contribution is 2.29. The Hall–Kier alpha value is -1.02. The van der Waals surface area contributed by atoms with Gasteiger partial charge in [0.2, 0.25) is 0 Å². The van der Waals surface area contributed by atoms with E-state index in [1.165, 1.54) is 34.1 Å². The molecule has 3 aromatic rings. The number of rotatable bonds is 5. The SMILES string of the molecule is CCCc1csc2cc(CCc3ccc(Cl)cc3Cl)ccc12. The predicted molar refractivity (Wildman–Crippen MR) is 99.7 cm³/mol. The van der Waals surface area contributed by atoms with Crippen molar-refractivity contribution in [1.29, 1.82) is 0 Å². The van der Waals surface area contributed by atoms with E-state index in [2.05, 4.69) is 30.5 Å². The van der Waals surface area contributed by atoms with Gasteiger partial charge in [0.15, 0.2) is 0 Å². The van der Waals surface area contributed by atoms with Gasteiger partial charge in [0.05, 0.1) is 0 Å². The lowest BCUT2D eigenvalue weighted by molar-refractivity contribution is 0.932. The second kappa shape index (κ2) is 7.04. The lowest BCUT2D eigenvalue weighted by Crippen LogP contribution is -1.92. The largest absolute Gasteiger partial charge is 0.144 e. The van der Waals surface area contributed by atoms with Gasteiger partial charge in [-0.1, -0.05) is 54.7 Å². The van der Waals surface area contributed by atoms with Crippen molar-refractivity contribution < 1.29 is 0 Å². The summed E-state index contributed by atoms with van der Waals surface area (Å²) in [7, 11) is 0. The molecular weight excluding hydrogens is 331 g/mol. The van der Waals surface area contributed by atoms with E-state index in [-0.39, 0.29) is 0 Å². The van der Waals surface area contributed by atoms with Crippen LogP contribution in [-0.4, -0.2) is 0 Å². The zero-order valence-electron chi connectivity index (χ0n) is 12.5. The van der Waals surface area contributed by atoms with Crippen LogP contribution in [0.15, 0.2) is 41.8 Å². The minimum absolute atomic E-state index is 0.692. The number of aryl methyl sites for hydroxylation is 3. The van der Waals surface area contributed by atoms with Crippen LogP contribution in [0.1, 0.15) is 30.0 Å². The molecule has 0 atom stereocenters. The molecule has 0 N–H and O–H groups in total. The molecule has 0 unspecified atom stereocenters. The maximum Gasteiger partial charge on any atom is 0.0452 e. The van der Waals surface area contributed by atoms with E-state index in [1.807, 2.05) is 29.5 Å². The molecule has 0 spiro atoms. The Balaban J connectivity index is 1.76. The zero-order chi connectivity index (χ0) is 15.5. The fourth-order valence-corrected chi connectivity index (χ4v) is 4.31. The number of thiophene rings is 1. The maximum absolute atomic E-state index is 6.25. The van der Waals surface area contributed by atoms with Crippen molar-refractivity contribution >= 4 is 44.6 Å². The van der Waals surface area contributed by atoms with Gasteiger partial charge in [-0.25, -0.2) is 0 Å². The quantitative estimate of drug-likeness (QED) is 0.468. The molecule has 3 rings (SSSR count). The molecule has 1 heterocycles. The van der Waals surface area contributed by atoms with Crippen molar-refractivity contribution in [1.82, 2.24) is 0 Å². The van der Waals surface area contributed by atoms with Crippen LogP contribution in [0.4, 0.5) is 0 Å². The van der Waals surface area contributed by atoms with Crippen LogP contribution >= 0.6 is 34.5 Å². The third-order valence-corrected chi connectivity index (χ3v) is 5.52. The Morgan fingerprint density at radius 1 is 0.909 bits per heavy atom. The zero-order valence-corrected chi connectivity index (χ0v) is 14.9. The van der Waals surface area contributed by atoms with Crippen LogP contribution < -0.4 is 0 Å². The number of benzene rings is 2. The Kier molecular flexibility index (Phi) is 5.07. The molecule has 0 bridgehead atoms. The van der Waals surface area contributed by atoms with Crippen molar-refractivity contribution in [3.8, 4) is 0 Å². The molecule has 114 valence electrons. The molecular formula is C19H18Cl2S. The minimum atomic E-state index is 0.692. The summed E-state index contributed by atoms with van der Waals surface area (Å²) in [5, 5.41) is 5.17. The molecule has 0 aliphatic rings. The van der Waals surface area contributed by atoms with Gasteiger partial charge in [0.25, 0.3) is 0 Å². The Labute approximate surface area is 145 Å². The van der Waals surface area contributed by atoms with Crippen LogP contribution in [0.2, 0.25) is 10.0 Å². The van der Waals surface area contributed by atoms with Crippen molar-refractivity contribution in [3.63, 3.8) is 0 Å². The molecule has 0 amide bonds. The molecule has 0 aliphatic heterocycles. The molecule has 0 nitrogen and oxygen atoms in total. The Bertz CT molecular complexity index is 789. The molecule has 0 aliphatic carbocycles. The second-order valence-electron chi connectivity index (χ2n) is 5.58. The van der Waals surface area contributed by atoms with E-state index in [0.29, 0.717) is 5.02 Å². The van der Waals surface area contributed by atoms with Crippen LogP contribution in [-0.2, 0) is 19.3 Å². The molecule has 0 radical (unpaired) electrons. The molecule has 2 aromatic carbocycles. The van der Waals surface area contributed by atoms with E-state index < -0.39 is 0 Å². The summed E-state index contributed by atoms with van der Waals surface area (Å²) in [6, 6.07) is 12.6. The van der Waals surface area contributed by atoms with E-state index in [4.69, 9.17) is 23.2 Å². The van der Waals surface area contributed by atoms with Crippen LogP contribution in [0, 0.1) is 0 Å². The van der Waals surface area contributed by atoms with Gasteiger partial charge in [-0.3, -0.25) is 0 Å². The first-order chi connectivity index (χ1) is 10.7. The average molecular weight is 349 g/mol. The Morgan fingerprint density at radius 3 is 2.55 bits per heavy atom. The minimum Gasteiger partial charge on any atom is -0.144 e. The lowest BCUT2D eigenvalue weighted by Gasteiger charge is -2.06. The third-order valence-electron chi connectivity index (χ3n) is 3.94. The first kappa shape index (κ1) is 15.9. The molecule has 0 saturated heterocycles. The predicted octanol–water partition coefficient (Wildman–Crippen LogP) is 6.95. The van der Waals surface area contributed by atoms with Crippen LogP contribution in [0.3, 0.4) is 0 Å². The van der Waals surface area contributed by atoms with Gasteiger partial charge in [-0.05, 0) is 64.9 Å². The Morgan fingerprint density at radius 2 is 1.77 bits per heavy atom. The number of hydrogen-bond acceptors (Lipinski definition) is 1. The van der Waals surface area contributed by atoms with Gasteiger partial charge in [-0.2, -0.15) is 0 Å². The maximum atomic E-state index is 6.25. The van der Waals surface area contributed by atoms with Gasteiger partial charge in [0, 0.05) is 14.7 Å². The summed E-state index contributed by atoms with van der Waals surface area (Å²) in [5.74, 6) is 0. The van der Waals surface area contributed by atoms with E-state index in [1.54, 1.807) is 0 Å². The van der Waals surface area contributed by atoms with Gasteiger partial charge < -0.3 is 0 Å². The topological polar surface area (TPSA) is 0 Å². The smallest absolute Gasteiger partial charge is 0.0452 e. The number of fused-ring (bicyclic) bond motifs is 1. The monoisotopic (exact) mass is 348 g/mol. The highest BCUT2D eigenvalue weighted by Gasteiger charge is 2.06. The third kappa shape index (κ3) is 3.48. The highest BCUT2D eigenvalue weighted by molar-refractivity contribution is 7.17. The first-order valence-electron chi connectivity index (χ1n) is 7.60. The first-order valence-corrected chi connectivity index (χ1v) is 9.24. The molecule has 0 saturated carbocycles. The van der Waals surface area contributed by atoms with Gasteiger partial charge >= 0.3 is 0 Å². The van der Waals surface area contributed by atoms with Crippen LogP contribution in [0.25, 0.3) is 10.1 Å². The lowest BCUT2D eigenvalue weighted by atomic mass is 10.0. The van der Waals surface area contributed by atoms with Gasteiger partial charge in [-0.15, -0.1) is 11.3 Å². The highest BCUT2D eigenvalue weighted by atomic mass is 35.5. The molecule has 3 heteroatoms.